The third-order valence-corrected chi connectivity index (χ3v) is 6.90. The predicted octanol–water partition coefficient (Wildman–Crippen LogP) is 3.82. The Kier molecular flexibility index (Phi) is 6.92. The molecule has 1 aliphatic heterocycles. The summed E-state index contributed by atoms with van der Waals surface area (Å²) in [6.45, 7) is 4.03. The van der Waals surface area contributed by atoms with Gasteiger partial charge in [-0.2, -0.15) is 0 Å². The summed E-state index contributed by atoms with van der Waals surface area (Å²) in [5.41, 5.74) is 5.22. The molecule has 0 saturated carbocycles. The highest BCUT2D eigenvalue weighted by Crippen LogP contribution is 2.44. The Labute approximate surface area is 224 Å². The number of anilines is 2. The van der Waals surface area contributed by atoms with E-state index >= 15 is 0 Å². The molecule has 0 radical (unpaired) electrons. The van der Waals surface area contributed by atoms with Crippen LogP contribution in [0.3, 0.4) is 0 Å². The number of nitrogens with one attached hydrogen (secondary N) is 2. The second-order valence-electron chi connectivity index (χ2n) is 8.62. The molecule has 2 N–H and O–H groups in total. The van der Waals surface area contributed by atoms with E-state index in [2.05, 4.69) is 38.8 Å². The van der Waals surface area contributed by atoms with Crippen molar-refractivity contribution >= 4 is 46.2 Å². The normalized spacial score (nSPS) is 17.2. The first-order valence-corrected chi connectivity index (χ1v) is 12.3. The van der Waals surface area contributed by atoms with Gasteiger partial charge in [0.1, 0.15) is 19.3 Å². The van der Waals surface area contributed by atoms with Gasteiger partial charge in [0.25, 0.3) is 0 Å². The number of thiocarbonyl (C=S) groups is 1. The molecule has 1 amide bonds. The average Bonchev–Trinajstić information content (AvgIpc) is 3.59. The number of pyridine rings is 1. The van der Waals surface area contributed by atoms with Gasteiger partial charge in [0.05, 0.1) is 28.5 Å². The molecular weight excluding hydrogens is 512 g/mol. The lowest BCUT2D eigenvalue weighted by Gasteiger charge is -2.28. The number of ether oxygens (including phenoxy) is 1. The summed E-state index contributed by atoms with van der Waals surface area (Å²) in [6.07, 6.45) is 5.09. The molecule has 2 atom stereocenters. The van der Waals surface area contributed by atoms with Crippen molar-refractivity contribution in [3.05, 3.63) is 89.0 Å². The van der Waals surface area contributed by atoms with Crippen LogP contribution >= 0.6 is 23.8 Å². The molecule has 10 nitrogen and oxygen atoms in total. The van der Waals surface area contributed by atoms with E-state index in [1.807, 2.05) is 45.4 Å². The molecule has 1 fully saturated rings. The van der Waals surface area contributed by atoms with Crippen LogP contribution in [0.4, 0.5) is 11.4 Å². The second-order valence-corrected chi connectivity index (χ2v) is 9.42. The molecule has 4 aromatic rings. The highest BCUT2D eigenvalue weighted by atomic mass is 35.5. The number of benzene rings is 1. The Bertz CT molecular complexity index is 1440. The Morgan fingerprint density at radius 3 is 2.65 bits per heavy atom. The molecule has 0 unspecified atom stereocenters. The maximum atomic E-state index is 12.0. The van der Waals surface area contributed by atoms with Crippen LogP contribution in [-0.2, 0) is 9.53 Å². The summed E-state index contributed by atoms with van der Waals surface area (Å²) in [6, 6.07) is 13.0. The van der Waals surface area contributed by atoms with Gasteiger partial charge in [-0.25, -0.2) is 4.68 Å². The number of hydrogen-bond donors (Lipinski definition) is 2. The summed E-state index contributed by atoms with van der Waals surface area (Å²) in [5.74, 6) is -0.287. The molecule has 0 aliphatic carbocycles. The molecule has 5 rings (SSSR count). The van der Waals surface area contributed by atoms with Crippen molar-refractivity contribution in [2.45, 2.75) is 25.9 Å². The van der Waals surface area contributed by atoms with Gasteiger partial charge < -0.3 is 20.3 Å². The number of halogens is 1. The fourth-order valence-electron chi connectivity index (χ4n) is 4.75. The van der Waals surface area contributed by atoms with Crippen molar-refractivity contribution in [1.29, 1.82) is 0 Å². The van der Waals surface area contributed by atoms with Crippen LogP contribution in [0.1, 0.15) is 34.7 Å². The monoisotopic (exact) mass is 536 g/mol. The van der Waals surface area contributed by atoms with Crippen molar-refractivity contribution in [1.82, 2.24) is 29.9 Å². The summed E-state index contributed by atoms with van der Waals surface area (Å²) in [5, 5.41) is 15.1. The zero-order valence-electron chi connectivity index (χ0n) is 20.4. The first-order valence-electron chi connectivity index (χ1n) is 11.5. The van der Waals surface area contributed by atoms with Gasteiger partial charge in [-0.05, 0) is 62.5 Å². The summed E-state index contributed by atoms with van der Waals surface area (Å²) in [7, 11) is 1.46. The Hall–Kier alpha value is -3.80. The van der Waals surface area contributed by atoms with Crippen molar-refractivity contribution in [3.8, 4) is 0 Å². The van der Waals surface area contributed by atoms with Gasteiger partial charge in [0.15, 0.2) is 5.11 Å². The quantitative estimate of drug-likeness (QED) is 0.344. The second kappa shape index (κ2) is 10.3. The molecule has 190 valence electrons. The summed E-state index contributed by atoms with van der Waals surface area (Å²) in [4.78, 5) is 18.7. The number of hydrogen-bond acceptors (Lipinski definition) is 6. The molecule has 3 aromatic heterocycles. The largest absolute Gasteiger partial charge is 0.375 e. The van der Waals surface area contributed by atoms with Crippen LogP contribution < -0.4 is 15.5 Å². The first-order chi connectivity index (χ1) is 17.9. The maximum absolute atomic E-state index is 12.0. The van der Waals surface area contributed by atoms with E-state index in [1.54, 1.807) is 31.0 Å². The number of nitrogens with zero attached hydrogens (tertiary/aromatic N) is 6. The third kappa shape index (κ3) is 4.68. The average molecular weight is 537 g/mol. The molecule has 1 aromatic carbocycles. The van der Waals surface area contributed by atoms with Crippen molar-refractivity contribution in [2.24, 2.45) is 0 Å². The number of carbonyl (C=O) groups excluding carboxylic acids is 1. The van der Waals surface area contributed by atoms with E-state index in [0.717, 1.165) is 28.3 Å². The van der Waals surface area contributed by atoms with Crippen LogP contribution in [-0.4, -0.2) is 49.3 Å². The van der Waals surface area contributed by atoms with E-state index in [1.165, 1.54) is 7.11 Å². The molecule has 37 heavy (non-hydrogen) atoms. The number of rotatable bonds is 7. The van der Waals surface area contributed by atoms with Gasteiger partial charge in [0.2, 0.25) is 5.91 Å². The molecule has 1 aliphatic rings. The van der Waals surface area contributed by atoms with Crippen LogP contribution in [0.2, 0.25) is 5.02 Å². The van der Waals surface area contributed by atoms with Crippen molar-refractivity contribution in [2.75, 3.05) is 23.9 Å². The van der Waals surface area contributed by atoms with Crippen LogP contribution in [0.5, 0.6) is 0 Å². The van der Waals surface area contributed by atoms with Gasteiger partial charge in [-0.3, -0.25) is 14.5 Å². The smallest absolute Gasteiger partial charge is 0.250 e. The van der Waals surface area contributed by atoms with E-state index in [0.29, 0.717) is 15.8 Å². The molecule has 12 heteroatoms. The Morgan fingerprint density at radius 2 is 1.97 bits per heavy atom. The highest BCUT2D eigenvalue weighted by molar-refractivity contribution is 7.80. The van der Waals surface area contributed by atoms with Gasteiger partial charge >= 0.3 is 0 Å². The molecule has 0 spiro atoms. The summed E-state index contributed by atoms with van der Waals surface area (Å²) < 4.78 is 8.78. The lowest BCUT2D eigenvalue weighted by atomic mass is 9.96. The summed E-state index contributed by atoms with van der Waals surface area (Å²) >= 11 is 12.4. The number of amides is 1. The van der Waals surface area contributed by atoms with E-state index in [-0.39, 0.29) is 24.6 Å². The minimum absolute atomic E-state index is 0.0614. The van der Waals surface area contributed by atoms with Gasteiger partial charge in [0, 0.05) is 35.9 Å². The number of aromatic nitrogens is 5. The highest BCUT2D eigenvalue weighted by Gasteiger charge is 2.42. The number of carbonyl (C=O) groups is 1. The zero-order chi connectivity index (χ0) is 26.1. The lowest BCUT2D eigenvalue weighted by molar-refractivity contribution is -0.119. The SMILES string of the molecule is COCC(=O)Nc1ccc(N2C(=S)N[C@@H](c3ccccn3)[C@@H]2c2cc(C)n(-n3cnnc3)c2C)cc1Cl. The molecule has 4 heterocycles. The number of aryl methyl sites for hydroxylation is 1. The topological polar surface area (TPSA) is 102 Å². The Morgan fingerprint density at radius 1 is 1.19 bits per heavy atom. The maximum Gasteiger partial charge on any atom is 0.250 e. The molecule has 1 saturated heterocycles. The van der Waals surface area contributed by atoms with E-state index in [9.17, 15) is 4.79 Å². The predicted molar refractivity (Wildman–Crippen MR) is 145 cm³/mol. The van der Waals surface area contributed by atoms with Crippen molar-refractivity contribution < 1.29 is 9.53 Å². The number of methoxy groups -OCH3 is 1. The zero-order valence-corrected chi connectivity index (χ0v) is 22.0. The van der Waals surface area contributed by atoms with E-state index < -0.39 is 0 Å². The molecule has 0 bridgehead atoms. The first kappa shape index (κ1) is 24.9. The third-order valence-electron chi connectivity index (χ3n) is 6.27. The van der Waals surface area contributed by atoms with Crippen LogP contribution in [0, 0.1) is 13.8 Å². The van der Waals surface area contributed by atoms with E-state index in [4.69, 9.17) is 28.6 Å². The van der Waals surface area contributed by atoms with Gasteiger partial charge in [-0.1, -0.05) is 17.7 Å². The molecular formula is C25H25ClN8O2S. The minimum atomic E-state index is -0.287. The van der Waals surface area contributed by atoms with Crippen molar-refractivity contribution in [3.63, 3.8) is 0 Å². The van der Waals surface area contributed by atoms with Gasteiger partial charge in [-0.15, -0.1) is 10.2 Å². The van der Waals surface area contributed by atoms with Crippen LogP contribution in [0.25, 0.3) is 0 Å². The fourth-order valence-corrected chi connectivity index (χ4v) is 5.32. The minimum Gasteiger partial charge on any atom is -0.375 e. The standard InChI is InChI=1S/C25H25ClN8O2S/c1-15-10-18(16(2)34(15)32-13-28-29-14-32)24-23(21-6-4-5-9-27-21)31-25(37)33(24)17-7-8-20(19(26)11-17)30-22(35)12-36-3/h4-11,13-14,23-24H,12H2,1-3H3,(H,30,35)(H,31,37)/t23-,24-/m0/s1. The Balaban J connectivity index is 1.60. The lowest BCUT2D eigenvalue weighted by Crippen LogP contribution is -2.29. The van der Waals surface area contributed by atoms with Crippen LogP contribution in [0.15, 0.2) is 61.3 Å². The fraction of sp³-hybridized carbons (Fsp3) is 0.240.